The molecule has 0 unspecified atom stereocenters. The second-order valence-electron chi connectivity index (χ2n) is 8.02. The average molecular weight is 422 g/mol. The van der Waals surface area contributed by atoms with Crippen molar-refractivity contribution in [1.29, 1.82) is 0 Å². The number of aromatic amines is 1. The number of hydrogen-bond donors (Lipinski definition) is 1. The van der Waals surface area contributed by atoms with Gasteiger partial charge in [0, 0.05) is 42.0 Å². The highest BCUT2D eigenvalue weighted by atomic mass is 32.1. The highest BCUT2D eigenvalue weighted by Gasteiger charge is 2.09. The highest BCUT2D eigenvalue weighted by molar-refractivity contribution is 7.24. The van der Waals surface area contributed by atoms with Gasteiger partial charge >= 0.3 is 0 Å². The fourth-order valence-corrected chi connectivity index (χ4v) is 5.20. The molecule has 0 saturated carbocycles. The summed E-state index contributed by atoms with van der Waals surface area (Å²) in [6.07, 6.45) is 0. The molecule has 6 rings (SSSR count). The summed E-state index contributed by atoms with van der Waals surface area (Å²) in [5, 5.41) is 4.30. The Morgan fingerprint density at radius 2 is 1.19 bits per heavy atom. The number of fused-ring (bicyclic) bond motifs is 5. The van der Waals surface area contributed by atoms with Crippen LogP contribution in [0.15, 0.2) is 95.8 Å². The first-order valence-corrected chi connectivity index (χ1v) is 11.3. The van der Waals surface area contributed by atoms with Crippen LogP contribution >= 0.6 is 11.3 Å². The molecule has 2 aromatic heterocycles. The van der Waals surface area contributed by atoms with E-state index in [-0.39, 0.29) is 5.43 Å². The van der Waals surface area contributed by atoms with Gasteiger partial charge in [-0.25, -0.2) is 0 Å². The smallest absolute Gasteiger partial charge is 0.195 e. The molecular formula is C28H23NOS. The Hall–Kier alpha value is -3.43. The highest BCUT2D eigenvalue weighted by Crippen LogP contribution is 2.30. The summed E-state index contributed by atoms with van der Waals surface area (Å²) in [4.78, 5) is 15.6. The van der Waals surface area contributed by atoms with E-state index in [0.717, 1.165) is 20.2 Å². The van der Waals surface area contributed by atoms with Crippen molar-refractivity contribution in [3.8, 4) is 0 Å². The lowest BCUT2D eigenvalue weighted by molar-refractivity contribution is 0.874. The van der Waals surface area contributed by atoms with Crippen molar-refractivity contribution in [2.24, 2.45) is 0 Å². The zero-order valence-electron chi connectivity index (χ0n) is 17.6. The van der Waals surface area contributed by atoms with Crippen LogP contribution in [0.4, 0.5) is 0 Å². The van der Waals surface area contributed by atoms with Crippen molar-refractivity contribution in [2.45, 2.75) is 19.8 Å². The van der Waals surface area contributed by atoms with Crippen LogP contribution in [-0.4, -0.2) is 4.98 Å². The topological polar surface area (TPSA) is 32.9 Å². The van der Waals surface area contributed by atoms with E-state index in [1.807, 2.05) is 48.5 Å². The minimum absolute atomic E-state index is 0.139. The van der Waals surface area contributed by atoms with Crippen molar-refractivity contribution < 1.29 is 0 Å². The number of hydrogen-bond acceptors (Lipinski definition) is 2. The van der Waals surface area contributed by atoms with Crippen molar-refractivity contribution in [2.75, 3.05) is 0 Å². The van der Waals surface area contributed by atoms with Crippen LogP contribution in [0.3, 0.4) is 0 Å². The summed E-state index contributed by atoms with van der Waals surface area (Å²) < 4.78 is 2.11. The standard InChI is InChI=1S/C15H15N.C13H8OS/c1-10(2)11-7-5-8-13-12-6-3-4-9-14(12)16-15(11)13;14-13-9-5-1-3-7-11(9)15-12-8-4-2-6-10(12)13/h3-10,16H,1-2H3;1-8H. The predicted octanol–water partition coefficient (Wildman–Crippen LogP) is 7.86. The first kappa shape index (κ1) is 19.5. The number of rotatable bonds is 1. The maximum Gasteiger partial charge on any atom is 0.195 e. The molecule has 4 aromatic carbocycles. The van der Waals surface area contributed by atoms with Gasteiger partial charge in [0.15, 0.2) is 5.43 Å². The number of benzene rings is 4. The Morgan fingerprint density at radius 3 is 1.84 bits per heavy atom. The molecule has 31 heavy (non-hydrogen) atoms. The van der Waals surface area contributed by atoms with Crippen LogP contribution < -0.4 is 5.43 Å². The zero-order valence-corrected chi connectivity index (χ0v) is 18.4. The lowest BCUT2D eigenvalue weighted by Crippen LogP contribution is -1.99. The predicted molar refractivity (Wildman–Crippen MR) is 135 cm³/mol. The molecule has 0 atom stereocenters. The van der Waals surface area contributed by atoms with E-state index in [2.05, 4.69) is 61.3 Å². The minimum Gasteiger partial charge on any atom is -0.354 e. The number of nitrogens with one attached hydrogen (secondary N) is 1. The fraction of sp³-hybridized carbons (Fsp3) is 0.107. The second kappa shape index (κ2) is 8.01. The molecule has 2 heterocycles. The largest absolute Gasteiger partial charge is 0.354 e. The van der Waals surface area contributed by atoms with Gasteiger partial charge in [0.1, 0.15) is 0 Å². The first-order valence-electron chi connectivity index (χ1n) is 10.5. The van der Waals surface area contributed by atoms with Crippen LogP contribution in [0.5, 0.6) is 0 Å². The Kier molecular flexibility index (Phi) is 5.05. The summed E-state index contributed by atoms with van der Waals surface area (Å²) in [6, 6.07) is 30.6. The molecule has 0 bridgehead atoms. The third-order valence-electron chi connectivity index (χ3n) is 5.68. The van der Waals surface area contributed by atoms with E-state index in [1.165, 1.54) is 27.4 Å². The van der Waals surface area contributed by atoms with Crippen molar-refractivity contribution in [3.05, 3.63) is 107 Å². The molecular weight excluding hydrogens is 398 g/mol. The normalized spacial score (nSPS) is 11.3. The Bertz CT molecular complexity index is 1530. The molecule has 3 heteroatoms. The molecule has 152 valence electrons. The van der Waals surface area contributed by atoms with Gasteiger partial charge in [0.2, 0.25) is 0 Å². The van der Waals surface area contributed by atoms with Crippen molar-refractivity contribution in [1.82, 2.24) is 4.98 Å². The Labute approximate surface area is 184 Å². The maximum absolute atomic E-state index is 12.1. The van der Waals surface area contributed by atoms with Gasteiger partial charge in [0.05, 0.1) is 0 Å². The molecule has 0 aliphatic carbocycles. The summed E-state index contributed by atoms with van der Waals surface area (Å²) in [7, 11) is 0. The zero-order chi connectivity index (χ0) is 21.4. The van der Waals surface area contributed by atoms with E-state index < -0.39 is 0 Å². The lowest BCUT2D eigenvalue weighted by Gasteiger charge is -2.06. The van der Waals surface area contributed by atoms with Crippen molar-refractivity contribution >= 4 is 53.3 Å². The van der Waals surface area contributed by atoms with Crippen LogP contribution in [0.1, 0.15) is 25.3 Å². The molecule has 0 aliphatic rings. The molecule has 6 aromatic rings. The average Bonchev–Trinajstić information content (AvgIpc) is 3.18. The SMILES string of the molecule is CC(C)c1cccc2c1[nH]c1ccccc12.O=c1c2ccccc2sc2ccccc12. The second-order valence-corrected chi connectivity index (χ2v) is 9.10. The molecule has 1 N–H and O–H groups in total. The van der Waals surface area contributed by atoms with E-state index in [1.54, 1.807) is 11.3 Å². The summed E-state index contributed by atoms with van der Waals surface area (Å²) >= 11 is 1.67. The van der Waals surface area contributed by atoms with Crippen LogP contribution in [0.25, 0.3) is 42.0 Å². The van der Waals surface area contributed by atoms with Gasteiger partial charge in [-0.1, -0.05) is 74.5 Å². The van der Waals surface area contributed by atoms with Gasteiger partial charge in [-0.05, 0) is 41.8 Å². The molecule has 0 spiro atoms. The molecule has 0 fully saturated rings. The monoisotopic (exact) mass is 421 g/mol. The lowest BCUT2D eigenvalue weighted by atomic mass is 10.00. The molecule has 0 aliphatic heterocycles. The van der Waals surface area contributed by atoms with Gasteiger partial charge in [-0.3, -0.25) is 4.79 Å². The number of aromatic nitrogens is 1. The van der Waals surface area contributed by atoms with Crippen LogP contribution in [0.2, 0.25) is 0 Å². The third-order valence-corrected chi connectivity index (χ3v) is 6.83. The summed E-state index contributed by atoms with van der Waals surface area (Å²) in [6.45, 7) is 4.47. The van der Waals surface area contributed by atoms with Gasteiger partial charge < -0.3 is 4.98 Å². The first-order chi connectivity index (χ1) is 15.1. The third kappa shape index (κ3) is 3.51. The summed E-state index contributed by atoms with van der Waals surface area (Å²) in [5.41, 5.74) is 4.05. The molecule has 0 radical (unpaired) electrons. The van der Waals surface area contributed by atoms with Gasteiger partial charge in [-0.2, -0.15) is 0 Å². The number of para-hydroxylation sites is 2. The van der Waals surface area contributed by atoms with E-state index in [0.29, 0.717) is 5.92 Å². The fourth-order valence-electron chi connectivity index (χ4n) is 4.13. The number of H-pyrrole nitrogens is 1. The Balaban J connectivity index is 0.000000132. The molecule has 2 nitrogen and oxygen atoms in total. The van der Waals surface area contributed by atoms with E-state index in [9.17, 15) is 4.79 Å². The maximum atomic E-state index is 12.1. The van der Waals surface area contributed by atoms with Gasteiger partial charge in [0.25, 0.3) is 0 Å². The summed E-state index contributed by atoms with van der Waals surface area (Å²) in [5.74, 6) is 0.553. The van der Waals surface area contributed by atoms with Crippen LogP contribution in [0, 0.1) is 0 Å². The quantitative estimate of drug-likeness (QED) is 0.269. The van der Waals surface area contributed by atoms with E-state index >= 15 is 0 Å². The van der Waals surface area contributed by atoms with E-state index in [4.69, 9.17) is 0 Å². The Morgan fingerprint density at radius 1 is 0.645 bits per heavy atom. The van der Waals surface area contributed by atoms with Gasteiger partial charge in [-0.15, -0.1) is 11.3 Å². The molecule has 0 amide bonds. The van der Waals surface area contributed by atoms with Crippen LogP contribution in [-0.2, 0) is 0 Å². The minimum atomic E-state index is 0.139. The van der Waals surface area contributed by atoms with Crippen molar-refractivity contribution in [3.63, 3.8) is 0 Å². The molecule has 0 saturated heterocycles.